The van der Waals surface area contributed by atoms with Gasteiger partial charge in [-0.1, -0.05) is 25.7 Å². The minimum atomic E-state index is -4.02. The van der Waals surface area contributed by atoms with Gasteiger partial charge in [-0.25, -0.2) is 0 Å². The van der Waals surface area contributed by atoms with E-state index in [2.05, 4.69) is 5.32 Å². The van der Waals surface area contributed by atoms with Crippen LogP contribution in [-0.4, -0.2) is 18.8 Å². The molecule has 0 aromatic carbocycles. The lowest BCUT2D eigenvalue weighted by atomic mass is 9.79. The molecule has 2 rings (SSSR count). The molecule has 2 unspecified atom stereocenters. The van der Waals surface area contributed by atoms with Crippen molar-refractivity contribution in [1.29, 1.82) is 0 Å². The van der Waals surface area contributed by atoms with E-state index in [1.54, 1.807) is 0 Å². The Kier molecular flexibility index (Phi) is 4.34. The molecular formula is C13H22F3N. The van der Waals surface area contributed by atoms with Crippen molar-refractivity contribution in [2.75, 3.05) is 6.54 Å². The molecule has 0 aromatic rings. The minimum Gasteiger partial charge on any atom is -0.313 e. The number of halogens is 3. The number of rotatable bonds is 1. The fraction of sp³-hybridized carbons (Fsp3) is 1.00. The molecule has 2 aliphatic rings. The van der Waals surface area contributed by atoms with E-state index in [0.29, 0.717) is 12.8 Å². The Morgan fingerprint density at radius 2 is 1.47 bits per heavy atom. The molecule has 0 spiro atoms. The van der Waals surface area contributed by atoms with Crippen LogP contribution < -0.4 is 5.32 Å². The molecule has 1 N–H and O–H groups in total. The highest BCUT2D eigenvalue weighted by molar-refractivity contribution is 4.90. The van der Waals surface area contributed by atoms with Crippen LogP contribution in [0.3, 0.4) is 0 Å². The van der Waals surface area contributed by atoms with E-state index in [9.17, 15) is 13.2 Å². The van der Waals surface area contributed by atoms with Crippen molar-refractivity contribution >= 4 is 0 Å². The zero-order chi connectivity index (χ0) is 12.3. The van der Waals surface area contributed by atoms with Crippen molar-refractivity contribution in [2.24, 2.45) is 11.8 Å². The van der Waals surface area contributed by atoms with Gasteiger partial charge in [0.2, 0.25) is 0 Å². The van der Waals surface area contributed by atoms with E-state index in [-0.39, 0.29) is 12.0 Å². The normalized spacial score (nSPS) is 33.4. The molecule has 1 saturated carbocycles. The van der Waals surface area contributed by atoms with Gasteiger partial charge in [-0.15, -0.1) is 0 Å². The largest absolute Gasteiger partial charge is 0.393 e. The topological polar surface area (TPSA) is 12.0 Å². The first-order valence-corrected chi connectivity index (χ1v) is 6.89. The lowest BCUT2D eigenvalue weighted by Gasteiger charge is -2.38. The molecular weight excluding hydrogens is 227 g/mol. The van der Waals surface area contributed by atoms with Crippen molar-refractivity contribution in [3.8, 4) is 0 Å². The fourth-order valence-corrected chi connectivity index (χ4v) is 3.45. The van der Waals surface area contributed by atoms with Crippen LogP contribution in [0.2, 0.25) is 0 Å². The first-order valence-electron chi connectivity index (χ1n) is 6.89. The van der Waals surface area contributed by atoms with E-state index in [0.717, 1.165) is 32.2 Å². The van der Waals surface area contributed by atoms with E-state index in [1.807, 2.05) is 0 Å². The smallest absolute Gasteiger partial charge is 0.313 e. The second-order valence-corrected chi connectivity index (χ2v) is 5.52. The molecule has 0 aromatic heterocycles. The average Bonchev–Trinajstić information content (AvgIpc) is 2.56. The summed E-state index contributed by atoms with van der Waals surface area (Å²) in [6, 6.07) is -0.318. The summed E-state index contributed by atoms with van der Waals surface area (Å²) in [6.45, 7) is 0.758. The third kappa shape index (κ3) is 3.36. The maximum Gasteiger partial charge on any atom is 0.393 e. The first kappa shape index (κ1) is 13.2. The van der Waals surface area contributed by atoms with Gasteiger partial charge in [-0.05, 0) is 38.1 Å². The molecule has 4 heteroatoms. The highest BCUT2D eigenvalue weighted by atomic mass is 19.4. The van der Waals surface area contributed by atoms with E-state index < -0.39 is 12.1 Å². The molecule has 1 heterocycles. The zero-order valence-electron chi connectivity index (χ0n) is 10.2. The molecule has 1 saturated heterocycles. The van der Waals surface area contributed by atoms with Gasteiger partial charge in [0, 0.05) is 6.04 Å². The van der Waals surface area contributed by atoms with Gasteiger partial charge in [0.1, 0.15) is 0 Å². The molecule has 2 atom stereocenters. The summed E-state index contributed by atoms with van der Waals surface area (Å²) in [5.41, 5.74) is 0. The van der Waals surface area contributed by atoms with Gasteiger partial charge in [-0.3, -0.25) is 0 Å². The summed E-state index contributed by atoms with van der Waals surface area (Å²) >= 11 is 0. The molecule has 1 nitrogen and oxygen atoms in total. The lowest BCUT2D eigenvalue weighted by Crippen LogP contribution is -2.51. The SMILES string of the molecule is FC(F)(F)C1CCCNC1C1CCCCCC1. The molecule has 0 radical (unpaired) electrons. The Balaban J connectivity index is 2.04. The molecule has 0 bridgehead atoms. The summed E-state index contributed by atoms with van der Waals surface area (Å²) < 4.78 is 39.0. The molecule has 1 aliphatic heterocycles. The summed E-state index contributed by atoms with van der Waals surface area (Å²) in [5, 5.41) is 3.15. The Morgan fingerprint density at radius 3 is 2.06 bits per heavy atom. The van der Waals surface area contributed by atoms with Crippen LogP contribution in [0.4, 0.5) is 13.2 Å². The summed E-state index contributed by atoms with van der Waals surface area (Å²) in [6.07, 6.45) is 3.50. The maximum atomic E-state index is 13.0. The Hall–Kier alpha value is -0.250. The number of nitrogens with one attached hydrogen (secondary N) is 1. The van der Waals surface area contributed by atoms with Crippen LogP contribution in [-0.2, 0) is 0 Å². The van der Waals surface area contributed by atoms with Gasteiger partial charge >= 0.3 is 6.18 Å². The van der Waals surface area contributed by atoms with Gasteiger partial charge in [0.25, 0.3) is 0 Å². The molecule has 1 aliphatic carbocycles. The van der Waals surface area contributed by atoms with Crippen molar-refractivity contribution in [3.05, 3.63) is 0 Å². The quantitative estimate of drug-likeness (QED) is 0.695. The second kappa shape index (κ2) is 5.59. The highest BCUT2D eigenvalue weighted by Crippen LogP contribution is 2.40. The Bertz CT molecular complexity index is 231. The zero-order valence-corrected chi connectivity index (χ0v) is 10.2. The third-order valence-electron chi connectivity index (χ3n) is 4.33. The molecule has 0 amide bonds. The summed E-state index contributed by atoms with van der Waals surface area (Å²) in [7, 11) is 0. The van der Waals surface area contributed by atoms with Gasteiger partial charge in [0.15, 0.2) is 0 Å². The standard InChI is InChI=1S/C13H22F3N/c14-13(15,16)11-8-5-9-17-12(11)10-6-3-1-2-4-7-10/h10-12,17H,1-9H2. The molecule has 2 fully saturated rings. The Morgan fingerprint density at radius 1 is 0.824 bits per heavy atom. The average molecular weight is 249 g/mol. The molecule has 17 heavy (non-hydrogen) atoms. The van der Waals surface area contributed by atoms with E-state index >= 15 is 0 Å². The molecule has 100 valence electrons. The summed E-state index contributed by atoms with van der Waals surface area (Å²) in [4.78, 5) is 0. The number of alkyl halides is 3. The van der Waals surface area contributed by atoms with Crippen LogP contribution in [0, 0.1) is 11.8 Å². The van der Waals surface area contributed by atoms with Crippen molar-refractivity contribution in [3.63, 3.8) is 0 Å². The van der Waals surface area contributed by atoms with E-state index in [1.165, 1.54) is 12.8 Å². The number of hydrogen-bond donors (Lipinski definition) is 1. The maximum absolute atomic E-state index is 13.0. The minimum absolute atomic E-state index is 0.240. The van der Waals surface area contributed by atoms with Crippen molar-refractivity contribution < 1.29 is 13.2 Å². The van der Waals surface area contributed by atoms with Crippen LogP contribution in [0.5, 0.6) is 0 Å². The second-order valence-electron chi connectivity index (χ2n) is 5.52. The number of piperidine rings is 1. The van der Waals surface area contributed by atoms with Crippen molar-refractivity contribution in [1.82, 2.24) is 5.32 Å². The van der Waals surface area contributed by atoms with Gasteiger partial charge in [-0.2, -0.15) is 13.2 Å². The van der Waals surface area contributed by atoms with E-state index in [4.69, 9.17) is 0 Å². The van der Waals surface area contributed by atoms with Crippen LogP contribution >= 0.6 is 0 Å². The van der Waals surface area contributed by atoms with Crippen molar-refractivity contribution in [2.45, 2.75) is 63.6 Å². The van der Waals surface area contributed by atoms with Gasteiger partial charge in [0.05, 0.1) is 5.92 Å². The van der Waals surface area contributed by atoms with Gasteiger partial charge < -0.3 is 5.32 Å². The third-order valence-corrected chi connectivity index (χ3v) is 4.33. The predicted molar refractivity (Wildman–Crippen MR) is 61.8 cm³/mol. The predicted octanol–water partition coefficient (Wildman–Crippen LogP) is 3.89. The van der Waals surface area contributed by atoms with Crippen LogP contribution in [0.15, 0.2) is 0 Å². The summed E-state index contributed by atoms with van der Waals surface area (Å²) in [5.74, 6) is -0.872. The first-order chi connectivity index (χ1) is 8.09. The lowest BCUT2D eigenvalue weighted by molar-refractivity contribution is -0.193. The monoisotopic (exact) mass is 249 g/mol. The Labute approximate surface area is 101 Å². The fourth-order valence-electron chi connectivity index (χ4n) is 3.45. The highest BCUT2D eigenvalue weighted by Gasteiger charge is 2.47. The van der Waals surface area contributed by atoms with Crippen LogP contribution in [0.1, 0.15) is 51.4 Å². The number of hydrogen-bond acceptors (Lipinski definition) is 1. The van der Waals surface area contributed by atoms with Crippen LogP contribution in [0.25, 0.3) is 0 Å².